The summed E-state index contributed by atoms with van der Waals surface area (Å²) in [6, 6.07) is 8.59. The quantitative estimate of drug-likeness (QED) is 0.870. The minimum atomic E-state index is -3.73. The molecule has 2 aromatic rings. The van der Waals surface area contributed by atoms with Gasteiger partial charge in [-0.05, 0) is 30.3 Å². The van der Waals surface area contributed by atoms with Crippen LogP contribution in [0.15, 0.2) is 47.5 Å². The van der Waals surface area contributed by atoms with Gasteiger partial charge < -0.3 is 5.73 Å². The molecule has 0 atom stereocenters. The summed E-state index contributed by atoms with van der Waals surface area (Å²) in [6.45, 7) is 0.125. The molecule has 0 spiro atoms. The van der Waals surface area contributed by atoms with E-state index < -0.39 is 15.8 Å². The molecule has 0 radical (unpaired) electrons. The fourth-order valence-corrected chi connectivity index (χ4v) is 2.85. The number of sulfonamides is 1. The normalized spacial score (nSPS) is 11.8. The van der Waals surface area contributed by atoms with Gasteiger partial charge in [0, 0.05) is 13.2 Å². The predicted molar refractivity (Wildman–Crippen MR) is 73.7 cm³/mol. The van der Waals surface area contributed by atoms with Gasteiger partial charge in [0.1, 0.15) is 5.82 Å². The van der Waals surface area contributed by atoms with Crippen LogP contribution in [-0.4, -0.2) is 24.8 Å². The lowest BCUT2D eigenvalue weighted by Gasteiger charge is -2.17. The van der Waals surface area contributed by atoms with Crippen LogP contribution in [-0.2, 0) is 16.6 Å². The van der Waals surface area contributed by atoms with Crippen molar-refractivity contribution in [2.24, 2.45) is 0 Å². The number of nitrogens with zero attached hydrogens (tertiary/aromatic N) is 2. The van der Waals surface area contributed by atoms with E-state index in [2.05, 4.69) is 4.98 Å². The van der Waals surface area contributed by atoms with E-state index in [-0.39, 0.29) is 17.1 Å². The Morgan fingerprint density at radius 1 is 1.30 bits per heavy atom. The van der Waals surface area contributed by atoms with E-state index in [4.69, 9.17) is 5.73 Å². The summed E-state index contributed by atoms with van der Waals surface area (Å²) in [7, 11) is -2.30. The Labute approximate surface area is 116 Å². The van der Waals surface area contributed by atoms with Crippen molar-refractivity contribution in [1.82, 2.24) is 9.29 Å². The van der Waals surface area contributed by atoms with E-state index in [1.54, 1.807) is 24.4 Å². The highest BCUT2D eigenvalue weighted by atomic mass is 32.2. The van der Waals surface area contributed by atoms with Gasteiger partial charge in [0.25, 0.3) is 0 Å². The SMILES string of the molecule is CN(Cc1ccccn1)S(=O)(=O)c1ccc(F)c(N)c1. The van der Waals surface area contributed by atoms with Crippen LogP contribution in [0.2, 0.25) is 0 Å². The fourth-order valence-electron chi connectivity index (χ4n) is 1.67. The molecule has 0 aliphatic heterocycles. The molecule has 0 bridgehead atoms. The Morgan fingerprint density at radius 2 is 2.05 bits per heavy atom. The van der Waals surface area contributed by atoms with Crippen molar-refractivity contribution in [3.05, 3.63) is 54.1 Å². The van der Waals surface area contributed by atoms with E-state index in [1.165, 1.54) is 13.1 Å². The molecule has 20 heavy (non-hydrogen) atoms. The van der Waals surface area contributed by atoms with Crippen molar-refractivity contribution >= 4 is 15.7 Å². The number of rotatable bonds is 4. The molecule has 5 nitrogen and oxygen atoms in total. The van der Waals surface area contributed by atoms with Gasteiger partial charge in [0.2, 0.25) is 10.0 Å². The number of benzene rings is 1. The Kier molecular flexibility index (Phi) is 4.01. The Balaban J connectivity index is 2.27. The highest BCUT2D eigenvalue weighted by molar-refractivity contribution is 7.89. The van der Waals surface area contributed by atoms with Crippen molar-refractivity contribution in [2.45, 2.75) is 11.4 Å². The summed E-state index contributed by atoms with van der Waals surface area (Å²) in [4.78, 5) is 4.02. The second kappa shape index (κ2) is 5.56. The van der Waals surface area contributed by atoms with Crippen LogP contribution >= 0.6 is 0 Å². The largest absolute Gasteiger partial charge is 0.396 e. The summed E-state index contributed by atoms with van der Waals surface area (Å²) < 4.78 is 38.9. The van der Waals surface area contributed by atoms with Gasteiger partial charge >= 0.3 is 0 Å². The number of anilines is 1. The van der Waals surface area contributed by atoms with Crippen molar-refractivity contribution in [2.75, 3.05) is 12.8 Å². The van der Waals surface area contributed by atoms with Gasteiger partial charge in [-0.2, -0.15) is 4.31 Å². The smallest absolute Gasteiger partial charge is 0.243 e. The van der Waals surface area contributed by atoms with Crippen LogP contribution in [0.3, 0.4) is 0 Å². The lowest BCUT2D eigenvalue weighted by molar-refractivity contribution is 0.462. The number of nitrogen functional groups attached to an aromatic ring is 1. The summed E-state index contributed by atoms with van der Waals surface area (Å²) in [5, 5.41) is 0. The lowest BCUT2D eigenvalue weighted by Crippen LogP contribution is -2.27. The third-order valence-electron chi connectivity index (χ3n) is 2.79. The van der Waals surface area contributed by atoms with Gasteiger partial charge in [-0.15, -0.1) is 0 Å². The predicted octanol–water partition coefficient (Wildman–Crippen LogP) is 1.62. The van der Waals surface area contributed by atoms with Crippen LogP contribution in [0.4, 0.5) is 10.1 Å². The second-order valence-electron chi connectivity index (χ2n) is 4.27. The Morgan fingerprint density at radius 3 is 2.65 bits per heavy atom. The third kappa shape index (κ3) is 2.94. The number of hydrogen-bond acceptors (Lipinski definition) is 4. The molecular formula is C13H14FN3O2S. The van der Waals surface area contributed by atoms with Crippen molar-refractivity contribution < 1.29 is 12.8 Å². The van der Waals surface area contributed by atoms with Gasteiger partial charge in [-0.25, -0.2) is 12.8 Å². The molecule has 0 saturated carbocycles. The minimum absolute atomic E-state index is 0.0465. The average Bonchev–Trinajstić information content (AvgIpc) is 2.42. The van der Waals surface area contributed by atoms with Gasteiger partial charge in [0.15, 0.2) is 0 Å². The third-order valence-corrected chi connectivity index (χ3v) is 4.59. The Hall–Kier alpha value is -1.99. The molecule has 0 aliphatic carbocycles. The molecule has 0 saturated heterocycles. The molecule has 2 rings (SSSR count). The zero-order valence-corrected chi connectivity index (χ0v) is 11.6. The average molecular weight is 295 g/mol. The topological polar surface area (TPSA) is 76.3 Å². The maximum atomic E-state index is 13.1. The van der Waals surface area contributed by atoms with Crippen LogP contribution in [0.25, 0.3) is 0 Å². The van der Waals surface area contributed by atoms with Crippen LogP contribution in [0.5, 0.6) is 0 Å². The van der Waals surface area contributed by atoms with E-state index in [1.807, 2.05) is 0 Å². The second-order valence-corrected chi connectivity index (χ2v) is 6.31. The van der Waals surface area contributed by atoms with Crippen LogP contribution < -0.4 is 5.73 Å². The first-order valence-electron chi connectivity index (χ1n) is 5.82. The molecule has 0 amide bonds. The molecule has 0 aliphatic rings. The molecule has 7 heteroatoms. The highest BCUT2D eigenvalue weighted by Crippen LogP contribution is 2.20. The molecule has 1 heterocycles. The molecule has 1 aromatic carbocycles. The van der Waals surface area contributed by atoms with Gasteiger partial charge in [-0.1, -0.05) is 6.07 Å². The summed E-state index contributed by atoms with van der Waals surface area (Å²) in [5.41, 5.74) is 5.82. The van der Waals surface area contributed by atoms with Crippen molar-refractivity contribution in [1.29, 1.82) is 0 Å². The van der Waals surface area contributed by atoms with E-state index in [9.17, 15) is 12.8 Å². The summed E-state index contributed by atoms with van der Waals surface area (Å²) in [5.74, 6) is -0.642. The van der Waals surface area contributed by atoms with Crippen LogP contribution in [0, 0.1) is 5.82 Å². The number of halogens is 1. The first-order chi connectivity index (χ1) is 9.41. The monoisotopic (exact) mass is 295 g/mol. The summed E-state index contributed by atoms with van der Waals surface area (Å²) in [6.07, 6.45) is 1.59. The number of aromatic nitrogens is 1. The molecule has 2 N–H and O–H groups in total. The molecule has 0 unspecified atom stereocenters. The van der Waals surface area contributed by atoms with Crippen LogP contribution in [0.1, 0.15) is 5.69 Å². The zero-order valence-electron chi connectivity index (χ0n) is 10.8. The maximum absolute atomic E-state index is 13.1. The van der Waals surface area contributed by atoms with Gasteiger partial charge in [0.05, 0.1) is 22.8 Å². The number of nitrogens with two attached hydrogens (primary N) is 1. The first kappa shape index (κ1) is 14.4. The zero-order chi connectivity index (χ0) is 14.8. The van der Waals surface area contributed by atoms with E-state index in [0.29, 0.717) is 5.69 Å². The summed E-state index contributed by atoms with van der Waals surface area (Å²) >= 11 is 0. The fraction of sp³-hybridized carbons (Fsp3) is 0.154. The maximum Gasteiger partial charge on any atom is 0.243 e. The Bertz CT molecular complexity index is 705. The van der Waals surface area contributed by atoms with E-state index >= 15 is 0 Å². The van der Waals surface area contributed by atoms with Crippen molar-refractivity contribution in [3.8, 4) is 0 Å². The van der Waals surface area contributed by atoms with Gasteiger partial charge in [-0.3, -0.25) is 4.98 Å². The minimum Gasteiger partial charge on any atom is -0.396 e. The first-order valence-corrected chi connectivity index (χ1v) is 7.26. The standard InChI is InChI=1S/C13H14FN3O2S/c1-17(9-10-4-2-3-7-16-10)20(18,19)11-5-6-12(14)13(15)8-11/h2-8H,9,15H2,1H3. The van der Waals surface area contributed by atoms with E-state index in [0.717, 1.165) is 16.4 Å². The lowest BCUT2D eigenvalue weighted by atomic mass is 10.3. The molecule has 1 aromatic heterocycles. The van der Waals surface area contributed by atoms with Crippen molar-refractivity contribution in [3.63, 3.8) is 0 Å². The molecular weight excluding hydrogens is 281 g/mol. The molecule has 0 fully saturated rings. The molecule has 106 valence electrons. The highest BCUT2D eigenvalue weighted by Gasteiger charge is 2.22. The number of pyridine rings is 1. The number of hydrogen-bond donors (Lipinski definition) is 1.